The number of benzene rings is 1. The Morgan fingerprint density at radius 2 is 2.28 bits per heavy atom. The maximum atomic E-state index is 13.5. The molecule has 0 aliphatic heterocycles. The summed E-state index contributed by atoms with van der Waals surface area (Å²) in [5.74, 6) is -0.481. The van der Waals surface area contributed by atoms with Crippen LogP contribution >= 0.6 is 11.3 Å². The molecule has 3 nitrogen and oxygen atoms in total. The van der Waals surface area contributed by atoms with Crippen LogP contribution in [0, 0.1) is 17.1 Å². The predicted octanol–water partition coefficient (Wildman–Crippen LogP) is 2.89. The third kappa shape index (κ3) is 2.34. The van der Waals surface area contributed by atoms with Gasteiger partial charge in [-0.15, -0.1) is 11.3 Å². The van der Waals surface area contributed by atoms with Crippen molar-refractivity contribution in [1.29, 1.82) is 5.26 Å². The average Bonchev–Trinajstić information content (AvgIpc) is 2.70. The standard InChI is InChI=1S/C13H12FN3S/c1-2-11-12(18-13(16)17-11)6-8-4-3-5-10(14)9(8)7-15/h3-5H,2,6H2,1H3,(H2,16,17). The van der Waals surface area contributed by atoms with Crippen LogP contribution in [0.1, 0.15) is 28.6 Å². The first-order valence-electron chi connectivity index (χ1n) is 5.57. The number of nitrogen functional groups attached to an aromatic ring is 1. The molecule has 0 amide bonds. The van der Waals surface area contributed by atoms with Crippen molar-refractivity contribution in [1.82, 2.24) is 4.98 Å². The lowest BCUT2D eigenvalue weighted by molar-refractivity contribution is 0.622. The molecule has 2 aromatic rings. The predicted molar refractivity (Wildman–Crippen MR) is 69.8 cm³/mol. The molecular weight excluding hydrogens is 249 g/mol. The molecule has 5 heteroatoms. The second-order valence-corrected chi connectivity index (χ2v) is 4.95. The van der Waals surface area contributed by atoms with E-state index in [0.717, 1.165) is 17.0 Å². The molecule has 0 bridgehead atoms. The number of aromatic nitrogens is 1. The molecule has 0 atom stereocenters. The summed E-state index contributed by atoms with van der Waals surface area (Å²) >= 11 is 1.39. The number of hydrogen-bond acceptors (Lipinski definition) is 4. The van der Waals surface area contributed by atoms with Gasteiger partial charge in [-0.2, -0.15) is 5.26 Å². The molecule has 0 saturated heterocycles. The molecule has 2 N–H and O–H groups in total. The van der Waals surface area contributed by atoms with Gasteiger partial charge in [-0.25, -0.2) is 9.37 Å². The van der Waals surface area contributed by atoms with Gasteiger partial charge in [0.15, 0.2) is 5.13 Å². The number of anilines is 1. The summed E-state index contributed by atoms with van der Waals surface area (Å²) in [5, 5.41) is 9.49. The largest absolute Gasteiger partial charge is 0.375 e. The normalized spacial score (nSPS) is 10.3. The van der Waals surface area contributed by atoms with Crippen LogP contribution in [-0.2, 0) is 12.8 Å². The van der Waals surface area contributed by atoms with E-state index in [0.29, 0.717) is 17.1 Å². The Labute approximate surface area is 109 Å². The molecule has 0 saturated carbocycles. The Bertz CT molecular complexity index is 613. The third-order valence-electron chi connectivity index (χ3n) is 2.69. The molecule has 0 unspecified atom stereocenters. The molecule has 18 heavy (non-hydrogen) atoms. The van der Waals surface area contributed by atoms with Gasteiger partial charge in [0.25, 0.3) is 0 Å². The lowest BCUT2D eigenvalue weighted by Crippen LogP contribution is -1.96. The molecule has 1 aromatic carbocycles. The molecule has 2 rings (SSSR count). The van der Waals surface area contributed by atoms with E-state index in [-0.39, 0.29) is 5.56 Å². The van der Waals surface area contributed by atoms with Gasteiger partial charge in [0, 0.05) is 11.3 Å². The molecule has 0 radical (unpaired) electrons. The smallest absolute Gasteiger partial charge is 0.180 e. The van der Waals surface area contributed by atoms with Gasteiger partial charge in [0.05, 0.1) is 11.3 Å². The van der Waals surface area contributed by atoms with Crippen molar-refractivity contribution >= 4 is 16.5 Å². The van der Waals surface area contributed by atoms with Crippen LogP contribution in [0.2, 0.25) is 0 Å². The second-order valence-electron chi connectivity index (χ2n) is 3.84. The summed E-state index contributed by atoms with van der Waals surface area (Å²) in [6, 6.07) is 6.58. The van der Waals surface area contributed by atoms with E-state index in [1.807, 2.05) is 13.0 Å². The summed E-state index contributed by atoms with van der Waals surface area (Å²) in [4.78, 5) is 5.22. The summed E-state index contributed by atoms with van der Waals surface area (Å²) in [6.07, 6.45) is 1.28. The van der Waals surface area contributed by atoms with Crippen LogP contribution < -0.4 is 5.73 Å². The molecule has 1 aromatic heterocycles. The Kier molecular flexibility index (Phi) is 3.58. The Morgan fingerprint density at radius 3 is 2.94 bits per heavy atom. The zero-order valence-electron chi connectivity index (χ0n) is 9.90. The van der Waals surface area contributed by atoms with Crippen molar-refractivity contribution < 1.29 is 4.39 Å². The van der Waals surface area contributed by atoms with Crippen molar-refractivity contribution in [2.24, 2.45) is 0 Å². The van der Waals surface area contributed by atoms with Gasteiger partial charge in [-0.05, 0) is 18.1 Å². The molecule has 0 fully saturated rings. The number of hydrogen-bond donors (Lipinski definition) is 1. The molecule has 0 aliphatic rings. The van der Waals surface area contributed by atoms with Crippen LogP contribution in [-0.4, -0.2) is 4.98 Å². The highest BCUT2D eigenvalue weighted by Gasteiger charge is 2.13. The first-order valence-corrected chi connectivity index (χ1v) is 6.39. The third-order valence-corrected chi connectivity index (χ3v) is 3.62. The number of rotatable bonds is 3. The monoisotopic (exact) mass is 261 g/mol. The van der Waals surface area contributed by atoms with Gasteiger partial charge in [-0.1, -0.05) is 19.1 Å². The van der Waals surface area contributed by atoms with E-state index in [2.05, 4.69) is 4.98 Å². The van der Waals surface area contributed by atoms with Crippen LogP contribution in [0.3, 0.4) is 0 Å². The van der Waals surface area contributed by atoms with E-state index in [1.165, 1.54) is 17.4 Å². The number of aryl methyl sites for hydroxylation is 1. The Balaban J connectivity index is 2.40. The molecular formula is C13H12FN3S. The molecule has 0 aliphatic carbocycles. The van der Waals surface area contributed by atoms with Gasteiger partial charge < -0.3 is 5.73 Å². The topological polar surface area (TPSA) is 62.7 Å². The lowest BCUT2D eigenvalue weighted by Gasteiger charge is -2.04. The number of nitrogens with zero attached hydrogens (tertiary/aromatic N) is 2. The van der Waals surface area contributed by atoms with Crippen molar-refractivity contribution in [2.45, 2.75) is 19.8 Å². The fourth-order valence-electron chi connectivity index (χ4n) is 1.83. The summed E-state index contributed by atoms with van der Waals surface area (Å²) in [6.45, 7) is 1.99. The van der Waals surface area contributed by atoms with E-state index in [4.69, 9.17) is 11.0 Å². The SMILES string of the molecule is CCc1nc(N)sc1Cc1cccc(F)c1C#N. The van der Waals surface area contributed by atoms with Crippen LogP contribution in [0.25, 0.3) is 0 Å². The summed E-state index contributed by atoms with van der Waals surface area (Å²) < 4.78 is 13.5. The number of nitriles is 1. The molecule has 1 heterocycles. The quantitative estimate of drug-likeness (QED) is 0.924. The van der Waals surface area contributed by atoms with Crippen molar-refractivity contribution in [3.63, 3.8) is 0 Å². The van der Waals surface area contributed by atoms with E-state index < -0.39 is 5.82 Å². The van der Waals surface area contributed by atoms with Gasteiger partial charge >= 0.3 is 0 Å². The minimum Gasteiger partial charge on any atom is -0.375 e. The van der Waals surface area contributed by atoms with Gasteiger partial charge in [0.2, 0.25) is 0 Å². The average molecular weight is 261 g/mol. The van der Waals surface area contributed by atoms with Gasteiger partial charge in [0.1, 0.15) is 11.9 Å². The lowest BCUT2D eigenvalue weighted by atomic mass is 10.0. The van der Waals surface area contributed by atoms with E-state index >= 15 is 0 Å². The number of nitrogens with two attached hydrogens (primary N) is 1. The van der Waals surface area contributed by atoms with Crippen molar-refractivity contribution in [3.05, 3.63) is 45.7 Å². The molecule has 92 valence electrons. The van der Waals surface area contributed by atoms with Gasteiger partial charge in [-0.3, -0.25) is 0 Å². The minimum absolute atomic E-state index is 0.103. The highest BCUT2D eigenvalue weighted by Crippen LogP contribution is 2.25. The van der Waals surface area contributed by atoms with Crippen molar-refractivity contribution in [3.8, 4) is 6.07 Å². The van der Waals surface area contributed by atoms with Crippen molar-refractivity contribution in [2.75, 3.05) is 5.73 Å². The fourth-order valence-corrected chi connectivity index (χ4v) is 2.78. The summed E-state index contributed by atoms with van der Waals surface area (Å²) in [5.41, 5.74) is 7.38. The maximum absolute atomic E-state index is 13.5. The van der Waals surface area contributed by atoms with Crippen LogP contribution in [0.15, 0.2) is 18.2 Å². The highest BCUT2D eigenvalue weighted by molar-refractivity contribution is 7.15. The van der Waals surface area contributed by atoms with Crippen LogP contribution in [0.5, 0.6) is 0 Å². The Hall–Kier alpha value is -1.93. The van der Waals surface area contributed by atoms with E-state index in [9.17, 15) is 4.39 Å². The van der Waals surface area contributed by atoms with Crippen LogP contribution in [0.4, 0.5) is 9.52 Å². The first-order chi connectivity index (χ1) is 8.65. The maximum Gasteiger partial charge on any atom is 0.180 e. The molecule has 0 spiro atoms. The van der Waals surface area contributed by atoms with E-state index in [1.54, 1.807) is 12.1 Å². The highest BCUT2D eigenvalue weighted by atomic mass is 32.1. The second kappa shape index (κ2) is 5.15. The number of thiazole rings is 1. The Morgan fingerprint density at radius 1 is 1.50 bits per heavy atom. The first kappa shape index (κ1) is 12.5. The zero-order valence-corrected chi connectivity index (χ0v) is 10.7. The fraction of sp³-hybridized carbons (Fsp3) is 0.231. The summed E-state index contributed by atoms with van der Waals surface area (Å²) in [7, 11) is 0. The zero-order chi connectivity index (χ0) is 13.1. The minimum atomic E-state index is -0.481. The number of halogens is 1.